The summed E-state index contributed by atoms with van der Waals surface area (Å²) in [4.78, 5) is 17.6. The molecule has 0 radical (unpaired) electrons. The number of non-ortho nitro benzene ring substituents is 1. The molecule has 1 fully saturated rings. The number of nitrogens with zero attached hydrogens (tertiary/aromatic N) is 3. The van der Waals surface area contributed by atoms with Crippen LogP contribution >= 0.6 is 11.3 Å². The number of nitro groups is 1. The van der Waals surface area contributed by atoms with Crippen LogP contribution < -0.4 is 5.32 Å². The molecule has 0 spiro atoms. The lowest BCUT2D eigenvalue weighted by Crippen LogP contribution is -2.41. The summed E-state index contributed by atoms with van der Waals surface area (Å²) in [6, 6.07) is 13.6. The van der Waals surface area contributed by atoms with E-state index in [1.54, 1.807) is 12.1 Å². The lowest BCUT2D eigenvalue weighted by atomic mass is 10.0. The van der Waals surface area contributed by atoms with Gasteiger partial charge in [0.2, 0.25) is 0 Å². The van der Waals surface area contributed by atoms with Crippen molar-refractivity contribution in [3.63, 3.8) is 0 Å². The molecule has 1 atom stereocenters. The number of aromatic nitrogens is 1. The predicted octanol–water partition coefficient (Wildman–Crippen LogP) is 4.00. The van der Waals surface area contributed by atoms with Crippen LogP contribution in [0.4, 0.5) is 10.8 Å². The fraction of sp³-hybridized carbons (Fsp3) is 0.350. The van der Waals surface area contributed by atoms with Gasteiger partial charge in [0.05, 0.1) is 34.4 Å². The summed E-state index contributed by atoms with van der Waals surface area (Å²) in [5.41, 5.74) is 3.37. The van der Waals surface area contributed by atoms with Crippen LogP contribution in [0, 0.1) is 17.0 Å². The second-order valence-electron chi connectivity index (χ2n) is 6.89. The Bertz CT molecular complexity index is 984. The van der Waals surface area contributed by atoms with Gasteiger partial charge in [0.15, 0.2) is 5.13 Å². The molecular weight excluding hydrogens is 376 g/mol. The zero-order valence-corrected chi connectivity index (χ0v) is 16.4. The van der Waals surface area contributed by atoms with E-state index in [1.807, 2.05) is 0 Å². The molecule has 0 amide bonds. The standard InChI is InChI=1S/C20H22N4O3S/c1-14-3-2-4-15(11-14)18(23-7-9-27-10-8-23)13-21-20-22-17-6-5-16(24(25)26)12-19(17)28-20/h2-6,11-12,18H,7-10,13H2,1H3,(H,21,22). The van der Waals surface area contributed by atoms with Gasteiger partial charge in [0, 0.05) is 31.8 Å². The van der Waals surface area contributed by atoms with Gasteiger partial charge < -0.3 is 10.1 Å². The van der Waals surface area contributed by atoms with Crippen molar-refractivity contribution in [3.05, 3.63) is 63.7 Å². The highest BCUT2D eigenvalue weighted by molar-refractivity contribution is 7.22. The van der Waals surface area contributed by atoms with Crippen LogP contribution in [-0.4, -0.2) is 47.7 Å². The highest BCUT2D eigenvalue weighted by Crippen LogP contribution is 2.30. The van der Waals surface area contributed by atoms with Gasteiger partial charge >= 0.3 is 0 Å². The molecule has 0 bridgehead atoms. The fourth-order valence-corrected chi connectivity index (χ4v) is 4.42. The number of nitro benzene ring substituents is 1. The third kappa shape index (κ3) is 4.14. The number of hydrogen-bond acceptors (Lipinski definition) is 7. The predicted molar refractivity (Wildman–Crippen MR) is 111 cm³/mol. The Labute approximate surface area is 167 Å². The van der Waals surface area contributed by atoms with Crippen molar-refractivity contribution in [1.82, 2.24) is 9.88 Å². The third-order valence-electron chi connectivity index (χ3n) is 4.94. The number of morpholine rings is 1. The number of benzene rings is 2. The van der Waals surface area contributed by atoms with Crippen molar-refractivity contribution in [2.24, 2.45) is 0 Å². The number of anilines is 1. The van der Waals surface area contributed by atoms with Gasteiger partial charge in [0.25, 0.3) is 5.69 Å². The van der Waals surface area contributed by atoms with E-state index in [0.29, 0.717) is 6.54 Å². The van der Waals surface area contributed by atoms with Gasteiger partial charge in [-0.2, -0.15) is 0 Å². The molecule has 1 unspecified atom stereocenters. The Morgan fingerprint density at radius 2 is 2.11 bits per heavy atom. The van der Waals surface area contributed by atoms with Crippen LogP contribution in [0.2, 0.25) is 0 Å². The van der Waals surface area contributed by atoms with E-state index in [0.717, 1.165) is 41.7 Å². The Kier molecular flexibility index (Phi) is 5.52. The molecule has 1 aliphatic rings. The first-order valence-corrected chi connectivity index (χ1v) is 10.1. The smallest absolute Gasteiger partial charge is 0.270 e. The number of hydrogen-bond donors (Lipinski definition) is 1. The maximum absolute atomic E-state index is 11.0. The molecule has 4 rings (SSSR count). The quantitative estimate of drug-likeness (QED) is 0.499. The first kappa shape index (κ1) is 18.8. The van der Waals surface area contributed by atoms with Crippen LogP contribution in [-0.2, 0) is 4.74 Å². The van der Waals surface area contributed by atoms with Gasteiger partial charge in [-0.15, -0.1) is 0 Å². The largest absolute Gasteiger partial charge is 0.379 e. The molecular formula is C20H22N4O3S. The molecule has 7 nitrogen and oxygen atoms in total. The molecule has 1 aromatic heterocycles. The van der Waals surface area contributed by atoms with Crippen molar-refractivity contribution in [3.8, 4) is 0 Å². The van der Waals surface area contributed by atoms with E-state index < -0.39 is 0 Å². The summed E-state index contributed by atoms with van der Waals surface area (Å²) in [5, 5.41) is 15.2. The average molecular weight is 398 g/mol. The van der Waals surface area contributed by atoms with Crippen LogP contribution in [0.25, 0.3) is 10.2 Å². The van der Waals surface area contributed by atoms with E-state index in [2.05, 4.69) is 46.4 Å². The molecule has 28 heavy (non-hydrogen) atoms. The Morgan fingerprint density at radius 3 is 2.86 bits per heavy atom. The lowest BCUT2D eigenvalue weighted by Gasteiger charge is -2.35. The third-order valence-corrected chi connectivity index (χ3v) is 5.92. The minimum Gasteiger partial charge on any atom is -0.379 e. The number of aryl methyl sites for hydroxylation is 1. The summed E-state index contributed by atoms with van der Waals surface area (Å²) >= 11 is 1.45. The molecule has 8 heteroatoms. The van der Waals surface area contributed by atoms with Crippen LogP contribution in [0.15, 0.2) is 42.5 Å². The lowest BCUT2D eigenvalue weighted by molar-refractivity contribution is -0.384. The van der Waals surface area contributed by atoms with E-state index in [1.165, 1.54) is 28.5 Å². The summed E-state index contributed by atoms with van der Waals surface area (Å²) in [6.07, 6.45) is 0. The topological polar surface area (TPSA) is 80.5 Å². The second-order valence-corrected chi connectivity index (χ2v) is 7.92. The second kappa shape index (κ2) is 8.22. The number of ether oxygens (including phenoxy) is 1. The summed E-state index contributed by atoms with van der Waals surface area (Å²) in [7, 11) is 0. The van der Waals surface area contributed by atoms with E-state index >= 15 is 0 Å². The van der Waals surface area contributed by atoms with Crippen LogP contribution in [0.5, 0.6) is 0 Å². The monoisotopic (exact) mass is 398 g/mol. The molecule has 1 aliphatic heterocycles. The molecule has 1 N–H and O–H groups in total. The zero-order valence-electron chi connectivity index (χ0n) is 15.6. The van der Waals surface area contributed by atoms with Gasteiger partial charge in [-0.25, -0.2) is 4.98 Å². The maximum Gasteiger partial charge on any atom is 0.270 e. The highest BCUT2D eigenvalue weighted by Gasteiger charge is 2.23. The molecule has 0 aliphatic carbocycles. The fourth-order valence-electron chi connectivity index (χ4n) is 3.51. The Hall–Kier alpha value is -2.55. The van der Waals surface area contributed by atoms with Crippen molar-refractivity contribution >= 4 is 32.4 Å². The van der Waals surface area contributed by atoms with Crippen molar-refractivity contribution < 1.29 is 9.66 Å². The SMILES string of the molecule is Cc1cccc(C(CNc2nc3ccc([N+](=O)[O-])cc3s2)N2CCOCC2)c1. The van der Waals surface area contributed by atoms with Gasteiger partial charge in [-0.05, 0) is 18.6 Å². The molecule has 3 aromatic rings. The zero-order chi connectivity index (χ0) is 19.5. The minimum atomic E-state index is -0.377. The molecule has 2 aromatic carbocycles. The Balaban J connectivity index is 1.55. The molecule has 146 valence electrons. The van der Waals surface area contributed by atoms with Gasteiger partial charge in [-0.3, -0.25) is 15.0 Å². The number of nitrogens with one attached hydrogen (secondary N) is 1. The highest BCUT2D eigenvalue weighted by atomic mass is 32.1. The Morgan fingerprint density at radius 1 is 1.29 bits per heavy atom. The maximum atomic E-state index is 11.0. The van der Waals surface area contributed by atoms with E-state index in [-0.39, 0.29) is 16.7 Å². The summed E-state index contributed by atoms with van der Waals surface area (Å²) in [5.74, 6) is 0. The number of fused-ring (bicyclic) bond motifs is 1. The number of rotatable bonds is 6. The van der Waals surface area contributed by atoms with Gasteiger partial charge in [-0.1, -0.05) is 41.2 Å². The molecule has 2 heterocycles. The average Bonchev–Trinajstić information content (AvgIpc) is 3.11. The van der Waals surface area contributed by atoms with E-state index in [4.69, 9.17) is 4.74 Å². The summed E-state index contributed by atoms with van der Waals surface area (Å²) in [6.45, 7) is 6.10. The molecule has 0 saturated carbocycles. The number of thiazole rings is 1. The van der Waals surface area contributed by atoms with Crippen molar-refractivity contribution in [2.45, 2.75) is 13.0 Å². The first-order valence-electron chi connectivity index (χ1n) is 9.27. The van der Waals surface area contributed by atoms with E-state index in [9.17, 15) is 10.1 Å². The normalized spacial score (nSPS) is 16.2. The van der Waals surface area contributed by atoms with Crippen molar-refractivity contribution in [2.75, 3.05) is 38.2 Å². The molecule has 1 saturated heterocycles. The summed E-state index contributed by atoms with van der Waals surface area (Å²) < 4.78 is 6.33. The first-order chi connectivity index (χ1) is 13.6. The van der Waals surface area contributed by atoms with Crippen LogP contribution in [0.1, 0.15) is 17.2 Å². The van der Waals surface area contributed by atoms with Crippen LogP contribution in [0.3, 0.4) is 0 Å². The van der Waals surface area contributed by atoms with Gasteiger partial charge in [0.1, 0.15) is 0 Å². The minimum absolute atomic E-state index is 0.0913. The van der Waals surface area contributed by atoms with Crippen molar-refractivity contribution in [1.29, 1.82) is 0 Å².